The quantitative estimate of drug-likeness (QED) is 0.508. The molecule has 1 fully saturated rings. The number of hydrogen-bond acceptors (Lipinski definition) is 7. The third kappa shape index (κ3) is 5.59. The van der Waals surface area contributed by atoms with E-state index >= 15 is 0 Å². The number of rotatable bonds is 8. The Morgan fingerprint density at radius 3 is 2.46 bits per heavy atom. The maximum absolute atomic E-state index is 13.0. The van der Waals surface area contributed by atoms with Crippen LogP contribution in [-0.2, 0) is 6.61 Å². The summed E-state index contributed by atoms with van der Waals surface area (Å²) in [5.41, 5.74) is 5.20. The van der Waals surface area contributed by atoms with Gasteiger partial charge in [-0.25, -0.2) is 0 Å². The first-order valence-corrected chi connectivity index (χ1v) is 12.0. The fourth-order valence-corrected chi connectivity index (χ4v) is 4.29. The Labute approximate surface area is 206 Å². The number of nitrogens with one attached hydrogen (secondary N) is 1. The Morgan fingerprint density at radius 1 is 1.06 bits per heavy atom. The van der Waals surface area contributed by atoms with Crippen molar-refractivity contribution >= 4 is 17.3 Å². The second-order valence-electron chi connectivity index (χ2n) is 8.83. The van der Waals surface area contributed by atoms with Gasteiger partial charge in [-0.3, -0.25) is 4.79 Å². The number of aryl methyl sites for hydroxylation is 3. The third-order valence-corrected chi connectivity index (χ3v) is 6.62. The molecule has 8 nitrogen and oxygen atoms in total. The number of aromatic nitrogens is 1. The second kappa shape index (κ2) is 10.8. The van der Waals surface area contributed by atoms with E-state index in [1.165, 1.54) is 5.69 Å². The van der Waals surface area contributed by atoms with E-state index in [9.17, 15) is 4.79 Å². The molecule has 35 heavy (non-hydrogen) atoms. The highest BCUT2D eigenvalue weighted by Gasteiger charge is 2.18. The number of carbonyl (C=O) groups is 1. The number of ether oxygens (including phenoxy) is 2. The molecule has 2 heterocycles. The van der Waals surface area contributed by atoms with E-state index in [0.29, 0.717) is 23.7 Å². The number of amides is 1. The normalized spacial score (nSPS) is 14.1. The van der Waals surface area contributed by atoms with Gasteiger partial charge in [0.05, 0.1) is 18.4 Å². The maximum atomic E-state index is 13.0. The molecule has 0 spiro atoms. The van der Waals surface area contributed by atoms with Crippen LogP contribution in [0.25, 0.3) is 0 Å². The molecule has 0 radical (unpaired) electrons. The summed E-state index contributed by atoms with van der Waals surface area (Å²) < 4.78 is 16.6. The fourth-order valence-electron chi connectivity index (χ4n) is 4.29. The minimum absolute atomic E-state index is 0.201. The van der Waals surface area contributed by atoms with E-state index in [1.807, 2.05) is 26.8 Å². The molecular weight excluding hydrogens is 444 g/mol. The molecule has 186 valence electrons. The molecule has 1 N–H and O–H groups in total. The summed E-state index contributed by atoms with van der Waals surface area (Å²) in [5.74, 6) is 1.56. The van der Waals surface area contributed by atoms with Crippen molar-refractivity contribution in [1.82, 2.24) is 10.1 Å². The van der Waals surface area contributed by atoms with Crippen molar-refractivity contribution in [2.45, 2.75) is 34.3 Å². The van der Waals surface area contributed by atoms with E-state index in [2.05, 4.69) is 39.3 Å². The summed E-state index contributed by atoms with van der Waals surface area (Å²) in [6.45, 7) is 13.5. The van der Waals surface area contributed by atoms with Crippen molar-refractivity contribution < 1.29 is 18.8 Å². The van der Waals surface area contributed by atoms with Gasteiger partial charge in [-0.05, 0) is 69.3 Å². The Kier molecular flexibility index (Phi) is 7.60. The van der Waals surface area contributed by atoms with Crippen molar-refractivity contribution in [2.24, 2.45) is 0 Å². The standard InChI is InChI=1S/C27H34N4O4/c1-6-30-11-13-31(14-12-30)22-8-9-24(18(2)15-22)28-27(32)21-7-10-25(26(16-21)33-5)34-17-23-19(3)29-35-20(23)4/h7-10,15-16H,6,11-14,17H2,1-5H3,(H,28,32). The van der Waals surface area contributed by atoms with Crippen LogP contribution < -0.4 is 19.7 Å². The predicted octanol–water partition coefficient (Wildman–Crippen LogP) is 4.58. The predicted molar refractivity (Wildman–Crippen MR) is 137 cm³/mol. The highest BCUT2D eigenvalue weighted by atomic mass is 16.5. The minimum atomic E-state index is -0.201. The Morgan fingerprint density at radius 2 is 1.83 bits per heavy atom. The number of likely N-dealkylation sites (N-methyl/N-ethyl adjacent to an activating group) is 1. The average molecular weight is 479 g/mol. The van der Waals surface area contributed by atoms with Crippen LogP contribution in [0.2, 0.25) is 0 Å². The second-order valence-corrected chi connectivity index (χ2v) is 8.83. The lowest BCUT2D eigenvalue weighted by Crippen LogP contribution is -2.46. The molecule has 4 rings (SSSR count). The minimum Gasteiger partial charge on any atom is -0.493 e. The van der Waals surface area contributed by atoms with Crippen LogP contribution in [0.4, 0.5) is 11.4 Å². The largest absolute Gasteiger partial charge is 0.493 e. The van der Waals surface area contributed by atoms with Crippen LogP contribution >= 0.6 is 0 Å². The number of hydrogen-bond donors (Lipinski definition) is 1. The lowest BCUT2D eigenvalue weighted by atomic mass is 10.1. The summed E-state index contributed by atoms with van der Waals surface area (Å²) in [7, 11) is 1.56. The van der Waals surface area contributed by atoms with Gasteiger partial charge in [0.25, 0.3) is 5.91 Å². The van der Waals surface area contributed by atoms with Crippen LogP contribution in [-0.4, -0.2) is 55.8 Å². The van der Waals surface area contributed by atoms with Gasteiger partial charge in [0.15, 0.2) is 11.5 Å². The number of anilines is 2. The molecule has 2 aromatic carbocycles. The Hall–Kier alpha value is -3.52. The van der Waals surface area contributed by atoms with Gasteiger partial charge >= 0.3 is 0 Å². The lowest BCUT2D eigenvalue weighted by molar-refractivity contribution is 0.102. The van der Waals surface area contributed by atoms with Crippen LogP contribution in [0.1, 0.15) is 39.9 Å². The number of carbonyl (C=O) groups excluding carboxylic acids is 1. The summed E-state index contributed by atoms with van der Waals surface area (Å²) in [6.07, 6.45) is 0. The summed E-state index contributed by atoms with van der Waals surface area (Å²) in [6, 6.07) is 11.4. The molecule has 1 aliphatic heterocycles. The van der Waals surface area contributed by atoms with Crippen molar-refractivity contribution in [1.29, 1.82) is 0 Å². The monoisotopic (exact) mass is 478 g/mol. The maximum Gasteiger partial charge on any atom is 0.255 e. The Bertz CT molecular complexity index is 1160. The summed E-state index contributed by atoms with van der Waals surface area (Å²) >= 11 is 0. The summed E-state index contributed by atoms with van der Waals surface area (Å²) in [5, 5.41) is 6.98. The SMILES string of the molecule is CCN1CCN(c2ccc(NC(=O)c3ccc(OCc4c(C)noc4C)c(OC)c3)c(C)c2)CC1. The van der Waals surface area contributed by atoms with Gasteiger partial charge in [0, 0.05) is 43.1 Å². The molecule has 1 saturated heterocycles. The molecule has 1 aromatic heterocycles. The first-order chi connectivity index (χ1) is 16.9. The van der Waals surface area contributed by atoms with Gasteiger partial charge < -0.3 is 29.1 Å². The smallest absolute Gasteiger partial charge is 0.255 e. The highest BCUT2D eigenvalue weighted by Crippen LogP contribution is 2.30. The first-order valence-electron chi connectivity index (χ1n) is 12.0. The van der Waals surface area contributed by atoms with E-state index < -0.39 is 0 Å². The zero-order valence-corrected chi connectivity index (χ0v) is 21.2. The highest BCUT2D eigenvalue weighted by molar-refractivity contribution is 6.05. The van der Waals surface area contributed by atoms with Gasteiger partial charge in [0.1, 0.15) is 12.4 Å². The first kappa shape index (κ1) is 24.6. The topological polar surface area (TPSA) is 80.1 Å². The van der Waals surface area contributed by atoms with Crippen molar-refractivity contribution in [3.05, 3.63) is 64.5 Å². The van der Waals surface area contributed by atoms with Crippen LogP contribution in [0, 0.1) is 20.8 Å². The molecule has 0 bridgehead atoms. The average Bonchev–Trinajstić information content (AvgIpc) is 3.20. The lowest BCUT2D eigenvalue weighted by Gasteiger charge is -2.35. The third-order valence-electron chi connectivity index (χ3n) is 6.62. The van der Waals surface area contributed by atoms with Crippen LogP contribution in [0.3, 0.4) is 0 Å². The molecule has 0 saturated carbocycles. The van der Waals surface area contributed by atoms with Gasteiger partial charge in [0.2, 0.25) is 0 Å². The van der Waals surface area contributed by atoms with Gasteiger partial charge in [-0.1, -0.05) is 12.1 Å². The molecular formula is C27H34N4O4. The van der Waals surface area contributed by atoms with Gasteiger partial charge in [-0.2, -0.15) is 0 Å². The number of nitrogens with zero attached hydrogens (tertiary/aromatic N) is 3. The molecule has 1 amide bonds. The van der Waals surface area contributed by atoms with E-state index in [1.54, 1.807) is 25.3 Å². The van der Waals surface area contributed by atoms with Gasteiger partial charge in [-0.15, -0.1) is 0 Å². The van der Waals surface area contributed by atoms with E-state index in [-0.39, 0.29) is 5.91 Å². The molecule has 1 aliphatic rings. The zero-order valence-electron chi connectivity index (χ0n) is 21.2. The molecule has 8 heteroatoms. The molecule has 0 unspecified atom stereocenters. The van der Waals surface area contributed by atoms with Crippen LogP contribution in [0.15, 0.2) is 40.9 Å². The van der Waals surface area contributed by atoms with E-state index in [4.69, 9.17) is 14.0 Å². The number of benzene rings is 2. The molecule has 0 atom stereocenters. The Balaban J connectivity index is 1.42. The fraction of sp³-hybridized carbons (Fsp3) is 0.407. The van der Waals surface area contributed by atoms with Crippen molar-refractivity contribution in [2.75, 3.05) is 50.1 Å². The van der Waals surface area contributed by atoms with E-state index in [0.717, 1.165) is 61.0 Å². The molecule has 0 aliphatic carbocycles. The van der Waals surface area contributed by atoms with Crippen molar-refractivity contribution in [3.8, 4) is 11.5 Å². The summed E-state index contributed by atoms with van der Waals surface area (Å²) in [4.78, 5) is 17.8. The number of piperazine rings is 1. The number of methoxy groups -OCH3 is 1. The zero-order chi connectivity index (χ0) is 24.9. The van der Waals surface area contributed by atoms with Crippen LogP contribution in [0.5, 0.6) is 11.5 Å². The van der Waals surface area contributed by atoms with Crippen molar-refractivity contribution in [3.63, 3.8) is 0 Å². The molecule has 3 aromatic rings.